The molecule has 5 nitrogen and oxygen atoms in total. The number of piperidine rings is 1. The molecule has 1 fully saturated rings. The fraction of sp³-hybridized carbons (Fsp3) is 0.500. The highest BCUT2D eigenvalue weighted by Gasteiger charge is 2.33. The summed E-state index contributed by atoms with van der Waals surface area (Å²) in [4.78, 5) is 12.3. The van der Waals surface area contributed by atoms with Gasteiger partial charge < -0.3 is 5.32 Å². The van der Waals surface area contributed by atoms with Crippen molar-refractivity contribution < 1.29 is 26.4 Å². The fourth-order valence-electron chi connectivity index (χ4n) is 2.49. The molecule has 134 valence electrons. The van der Waals surface area contributed by atoms with E-state index in [-0.39, 0.29) is 17.3 Å². The van der Waals surface area contributed by atoms with Gasteiger partial charge in [0.1, 0.15) is 0 Å². The molecule has 0 spiro atoms. The van der Waals surface area contributed by atoms with Crippen molar-refractivity contribution in [1.29, 1.82) is 0 Å². The Morgan fingerprint density at radius 1 is 1.38 bits per heavy atom. The molecule has 0 unspecified atom stereocenters. The smallest absolute Gasteiger partial charge is 0.324 e. The standard InChI is InChI=1S/C14H16ClF3N2O3S/c1-24(22,23)20-6-2-3-9(8-20)13(21)19-12-7-10(14(16,17)18)4-5-11(12)15/h4-5,7,9H,2-3,6,8H2,1H3,(H,19,21)/t9-/m0/s1. The van der Waals surface area contributed by atoms with Crippen molar-refractivity contribution in [2.75, 3.05) is 24.7 Å². The SMILES string of the molecule is CS(=O)(=O)N1CCC[C@H](C(=O)Nc2cc(C(F)(F)F)ccc2Cl)C1. The topological polar surface area (TPSA) is 66.5 Å². The molecule has 1 amide bonds. The highest BCUT2D eigenvalue weighted by molar-refractivity contribution is 7.88. The van der Waals surface area contributed by atoms with Crippen LogP contribution in [-0.4, -0.2) is 38.0 Å². The van der Waals surface area contributed by atoms with Gasteiger partial charge in [-0.3, -0.25) is 4.79 Å². The highest BCUT2D eigenvalue weighted by atomic mass is 35.5. The Morgan fingerprint density at radius 3 is 2.62 bits per heavy atom. The zero-order chi connectivity index (χ0) is 18.1. The van der Waals surface area contributed by atoms with Crippen LogP contribution in [0.5, 0.6) is 0 Å². The van der Waals surface area contributed by atoms with Gasteiger partial charge in [-0.15, -0.1) is 0 Å². The number of sulfonamides is 1. The molecule has 0 saturated carbocycles. The molecule has 1 aliphatic rings. The number of halogens is 4. The molecule has 1 aromatic rings. The molecule has 0 radical (unpaired) electrons. The molecule has 1 atom stereocenters. The van der Waals surface area contributed by atoms with Gasteiger partial charge in [0.15, 0.2) is 0 Å². The maximum atomic E-state index is 12.7. The van der Waals surface area contributed by atoms with E-state index in [1.165, 1.54) is 4.31 Å². The van der Waals surface area contributed by atoms with E-state index in [0.29, 0.717) is 19.4 Å². The molecule has 1 aromatic carbocycles. The summed E-state index contributed by atoms with van der Waals surface area (Å²) < 4.78 is 62.6. The third-order valence-electron chi connectivity index (χ3n) is 3.78. The van der Waals surface area contributed by atoms with Crippen molar-refractivity contribution in [1.82, 2.24) is 4.31 Å². The molecule has 1 heterocycles. The van der Waals surface area contributed by atoms with E-state index in [1.54, 1.807) is 0 Å². The summed E-state index contributed by atoms with van der Waals surface area (Å²) in [6.45, 7) is 0.328. The van der Waals surface area contributed by atoms with Crippen LogP contribution < -0.4 is 5.32 Å². The number of anilines is 1. The number of hydrogen-bond donors (Lipinski definition) is 1. The lowest BCUT2D eigenvalue weighted by molar-refractivity contribution is -0.137. The first kappa shape index (κ1) is 19.0. The lowest BCUT2D eigenvalue weighted by Crippen LogP contribution is -2.43. The van der Waals surface area contributed by atoms with Crippen LogP contribution in [0.2, 0.25) is 5.02 Å². The van der Waals surface area contributed by atoms with Crippen molar-refractivity contribution in [2.45, 2.75) is 19.0 Å². The van der Waals surface area contributed by atoms with E-state index in [1.807, 2.05) is 0 Å². The maximum absolute atomic E-state index is 12.7. The summed E-state index contributed by atoms with van der Waals surface area (Å²) in [6, 6.07) is 2.64. The zero-order valence-corrected chi connectivity index (χ0v) is 14.3. The molecule has 0 aliphatic carbocycles. The molecule has 1 aliphatic heterocycles. The van der Waals surface area contributed by atoms with Gasteiger partial charge in [-0.2, -0.15) is 13.2 Å². The van der Waals surface area contributed by atoms with Crippen LogP contribution in [0.15, 0.2) is 18.2 Å². The second-order valence-corrected chi connectivity index (χ2v) is 8.03. The van der Waals surface area contributed by atoms with Crippen LogP contribution in [0.4, 0.5) is 18.9 Å². The van der Waals surface area contributed by atoms with Gasteiger partial charge in [0.05, 0.1) is 28.4 Å². The number of carbonyl (C=O) groups is 1. The quantitative estimate of drug-likeness (QED) is 0.871. The minimum absolute atomic E-state index is 0.00124. The van der Waals surface area contributed by atoms with E-state index >= 15 is 0 Å². The van der Waals surface area contributed by atoms with Gasteiger partial charge in [-0.25, -0.2) is 12.7 Å². The molecule has 1 N–H and O–H groups in total. The molecule has 0 bridgehead atoms. The molecule has 1 saturated heterocycles. The Morgan fingerprint density at radius 2 is 2.04 bits per heavy atom. The van der Waals surface area contributed by atoms with E-state index in [4.69, 9.17) is 11.6 Å². The number of alkyl halides is 3. The number of amides is 1. The number of rotatable bonds is 3. The summed E-state index contributed by atoms with van der Waals surface area (Å²) in [5.41, 5.74) is -1.07. The molecule has 24 heavy (non-hydrogen) atoms. The maximum Gasteiger partial charge on any atom is 0.416 e. The molecule has 2 rings (SSSR count). The number of benzene rings is 1. The van der Waals surface area contributed by atoms with Gasteiger partial charge in [-0.1, -0.05) is 11.6 Å². The Hall–Kier alpha value is -1.32. The van der Waals surface area contributed by atoms with Crippen LogP contribution in [0.1, 0.15) is 18.4 Å². The molecule has 0 aromatic heterocycles. The van der Waals surface area contributed by atoms with E-state index < -0.39 is 33.6 Å². The van der Waals surface area contributed by atoms with Crippen molar-refractivity contribution in [3.8, 4) is 0 Å². The van der Waals surface area contributed by atoms with Crippen molar-refractivity contribution in [2.24, 2.45) is 5.92 Å². The van der Waals surface area contributed by atoms with Gasteiger partial charge in [0.25, 0.3) is 0 Å². The predicted molar refractivity (Wildman–Crippen MR) is 84.2 cm³/mol. The minimum atomic E-state index is -4.55. The van der Waals surface area contributed by atoms with Gasteiger partial charge in [0, 0.05) is 13.1 Å². The third-order valence-corrected chi connectivity index (χ3v) is 5.37. The molecular formula is C14H16ClF3N2O3S. The third kappa shape index (κ3) is 4.61. The average Bonchev–Trinajstić information content (AvgIpc) is 2.47. The second kappa shape index (κ2) is 6.89. The summed E-state index contributed by atoms with van der Waals surface area (Å²) in [6.07, 6.45) is -2.55. The van der Waals surface area contributed by atoms with Crippen molar-refractivity contribution in [3.63, 3.8) is 0 Å². The predicted octanol–water partition coefficient (Wildman–Crippen LogP) is 2.97. The lowest BCUT2D eigenvalue weighted by atomic mass is 9.98. The van der Waals surface area contributed by atoms with E-state index in [9.17, 15) is 26.4 Å². The largest absolute Gasteiger partial charge is 0.416 e. The average molecular weight is 385 g/mol. The summed E-state index contributed by atoms with van der Waals surface area (Å²) in [7, 11) is -3.42. The van der Waals surface area contributed by atoms with Gasteiger partial charge in [-0.05, 0) is 31.0 Å². The molecule has 10 heteroatoms. The van der Waals surface area contributed by atoms with Gasteiger partial charge in [0.2, 0.25) is 15.9 Å². The Bertz CT molecular complexity index is 737. The fourth-order valence-corrected chi connectivity index (χ4v) is 3.57. The van der Waals surface area contributed by atoms with Crippen LogP contribution in [-0.2, 0) is 21.0 Å². The lowest BCUT2D eigenvalue weighted by Gasteiger charge is -2.30. The van der Waals surface area contributed by atoms with E-state index in [0.717, 1.165) is 24.5 Å². The number of nitrogens with one attached hydrogen (secondary N) is 1. The first-order chi connectivity index (χ1) is 11.0. The number of hydrogen-bond acceptors (Lipinski definition) is 3. The van der Waals surface area contributed by atoms with Crippen LogP contribution >= 0.6 is 11.6 Å². The van der Waals surface area contributed by atoms with Gasteiger partial charge >= 0.3 is 6.18 Å². The monoisotopic (exact) mass is 384 g/mol. The van der Waals surface area contributed by atoms with Crippen molar-refractivity contribution >= 4 is 33.2 Å². The normalized spacial score (nSPS) is 20.0. The summed E-state index contributed by atoms with van der Waals surface area (Å²) >= 11 is 5.84. The number of nitrogens with zero attached hydrogens (tertiary/aromatic N) is 1. The van der Waals surface area contributed by atoms with Crippen molar-refractivity contribution in [3.05, 3.63) is 28.8 Å². The zero-order valence-electron chi connectivity index (χ0n) is 12.7. The summed E-state index contributed by atoms with van der Waals surface area (Å²) in [5.74, 6) is -1.19. The number of carbonyl (C=O) groups excluding carboxylic acids is 1. The molecular weight excluding hydrogens is 369 g/mol. The van der Waals surface area contributed by atoms with Crippen LogP contribution in [0.25, 0.3) is 0 Å². The minimum Gasteiger partial charge on any atom is -0.324 e. The first-order valence-corrected chi connectivity index (χ1v) is 9.34. The Kier molecular flexibility index (Phi) is 5.46. The second-order valence-electron chi connectivity index (χ2n) is 5.64. The summed E-state index contributed by atoms with van der Waals surface area (Å²) in [5, 5.41) is 2.35. The highest BCUT2D eigenvalue weighted by Crippen LogP contribution is 2.34. The Labute approximate surface area is 142 Å². The Balaban J connectivity index is 2.15. The van der Waals surface area contributed by atoms with Crippen LogP contribution in [0, 0.1) is 5.92 Å². The van der Waals surface area contributed by atoms with E-state index in [2.05, 4.69) is 5.32 Å². The van der Waals surface area contributed by atoms with Crippen LogP contribution in [0.3, 0.4) is 0 Å². The first-order valence-electron chi connectivity index (χ1n) is 7.11.